The molecule has 2 N–H and O–H groups in total. The zero-order chi connectivity index (χ0) is 8.97. The summed E-state index contributed by atoms with van der Waals surface area (Å²) in [5, 5.41) is 8.49. The van der Waals surface area contributed by atoms with Crippen molar-refractivity contribution in [2.75, 3.05) is 0 Å². The lowest BCUT2D eigenvalue weighted by Gasteiger charge is -1.99. The summed E-state index contributed by atoms with van der Waals surface area (Å²) in [5.41, 5.74) is 2.11. The predicted octanol–water partition coefficient (Wildman–Crippen LogP) is 1.97. The molecule has 1 atom stereocenters. The number of hydroxylamine groups is 1. The van der Waals surface area contributed by atoms with E-state index in [-0.39, 0.29) is 6.04 Å². The van der Waals surface area contributed by atoms with Gasteiger partial charge < -0.3 is 9.62 Å². The highest BCUT2D eigenvalue weighted by molar-refractivity contribution is 5.43. The van der Waals surface area contributed by atoms with Crippen molar-refractivity contribution >= 4 is 6.08 Å². The summed E-state index contributed by atoms with van der Waals surface area (Å²) < 4.78 is 5.28. The summed E-state index contributed by atoms with van der Waals surface area (Å²) >= 11 is 0. The number of rotatable bonds is 3. The molecule has 0 bridgehead atoms. The van der Waals surface area contributed by atoms with E-state index in [0.29, 0.717) is 0 Å². The molecule has 1 aromatic rings. The molecule has 3 nitrogen and oxygen atoms in total. The Balaban J connectivity index is 2.57. The van der Waals surface area contributed by atoms with E-state index >= 15 is 0 Å². The van der Waals surface area contributed by atoms with Gasteiger partial charge in [-0.05, 0) is 32.1 Å². The molecular weight excluding hydrogens is 154 g/mol. The average molecular weight is 167 g/mol. The Labute approximate surface area is 71.7 Å². The van der Waals surface area contributed by atoms with Crippen LogP contribution in [-0.2, 0) is 0 Å². The molecule has 0 aliphatic rings. The molecule has 1 rings (SSSR count). The van der Waals surface area contributed by atoms with Crippen LogP contribution in [0, 0.1) is 6.92 Å². The van der Waals surface area contributed by atoms with Crippen molar-refractivity contribution in [2.24, 2.45) is 0 Å². The Kier molecular flexibility index (Phi) is 3.08. The van der Waals surface area contributed by atoms with Gasteiger partial charge in [0.05, 0.1) is 0 Å². The molecule has 3 heteroatoms. The number of nitrogens with one attached hydrogen (secondary N) is 1. The van der Waals surface area contributed by atoms with Crippen LogP contribution in [0.2, 0.25) is 0 Å². The molecule has 0 aliphatic carbocycles. The third-order valence-corrected chi connectivity index (χ3v) is 1.51. The van der Waals surface area contributed by atoms with Crippen molar-refractivity contribution < 1.29 is 9.62 Å². The van der Waals surface area contributed by atoms with Gasteiger partial charge in [0.25, 0.3) is 0 Å². The third-order valence-electron chi connectivity index (χ3n) is 1.51. The maximum absolute atomic E-state index is 8.49. The van der Waals surface area contributed by atoms with Gasteiger partial charge in [-0.1, -0.05) is 6.08 Å². The van der Waals surface area contributed by atoms with Crippen LogP contribution in [0.1, 0.15) is 18.4 Å². The molecule has 1 heterocycles. The van der Waals surface area contributed by atoms with Crippen molar-refractivity contribution in [1.82, 2.24) is 5.48 Å². The van der Waals surface area contributed by atoms with E-state index in [9.17, 15) is 0 Å². The van der Waals surface area contributed by atoms with Crippen LogP contribution in [0.4, 0.5) is 0 Å². The molecule has 0 aromatic carbocycles. The molecule has 0 radical (unpaired) electrons. The molecule has 12 heavy (non-hydrogen) atoms. The summed E-state index contributed by atoms with van der Waals surface area (Å²) in [4.78, 5) is 0. The monoisotopic (exact) mass is 167 g/mol. The second kappa shape index (κ2) is 4.09. The minimum absolute atomic E-state index is 0.0598. The number of aryl methyl sites for hydroxylation is 1. The molecule has 0 saturated heterocycles. The summed E-state index contributed by atoms with van der Waals surface area (Å²) in [6, 6.07) is 3.72. The fourth-order valence-corrected chi connectivity index (χ4v) is 0.825. The summed E-state index contributed by atoms with van der Waals surface area (Å²) in [5.74, 6) is 1.69. The molecule has 0 spiro atoms. The first-order valence-electron chi connectivity index (χ1n) is 3.86. The maximum atomic E-state index is 8.49. The van der Waals surface area contributed by atoms with Crippen LogP contribution in [0.3, 0.4) is 0 Å². The van der Waals surface area contributed by atoms with Gasteiger partial charge in [-0.25, -0.2) is 0 Å². The lowest BCUT2D eigenvalue weighted by Crippen LogP contribution is -2.18. The van der Waals surface area contributed by atoms with Crippen molar-refractivity contribution in [1.29, 1.82) is 0 Å². The molecule has 0 fully saturated rings. The minimum Gasteiger partial charge on any atom is -0.462 e. The highest BCUT2D eigenvalue weighted by atomic mass is 16.5. The largest absolute Gasteiger partial charge is 0.462 e. The second-order valence-corrected chi connectivity index (χ2v) is 2.73. The number of furan rings is 1. The first-order valence-corrected chi connectivity index (χ1v) is 3.86. The highest BCUT2D eigenvalue weighted by Gasteiger charge is 1.94. The summed E-state index contributed by atoms with van der Waals surface area (Å²) in [6.07, 6.45) is 3.64. The van der Waals surface area contributed by atoms with Crippen molar-refractivity contribution in [3.8, 4) is 0 Å². The fraction of sp³-hybridized carbons (Fsp3) is 0.333. The van der Waals surface area contributed by atoms with Gasteiger partial charge in [-0.15, -0.1) is 0 Å². The first-order chi connectivity index (χ1) is 5.72. The zero-order valence-corrected chi connectivity index (χ0v) is 7.24. The molecule has 0 amide bonds. The van der Waals surface area contributed by atoms with Crippen LogP contribution >= 0.6 is 0 Å². The molecule has 1 unspecified atom stereocenters. The lowest BCUT2D eigenvalue weighted by molar-refractivity contribution is 0.150. The smallest absolute Gasteiger partial charge is 0.126 e. The van der Waals surface area contributed by atoms with Gasteiger partial charge in [0.15, 0.2) is 0 Å². The van der Waals surface area contributed by atoms with Gasteiger partial charge in [0, 0.05) is 6.04 Å². The standard InChI is InChI=1S/C9H13NO2/c1-7(10-11)3-5-9-6-4-8(2)12-9/h3-7,10-11H,1-2H3/b5-3+. The van der Waals surface area contributed by atoms with E-state index in [0.717, 1.165) is 11.5 Å². The van der Waals surface area contributed by atoms with Gasteiger partial charge in [0.2, 0.25) is 0 Å². The third kappa shape index (κ3) is 2.53. The SMILES string of the molecule is Cc1ccc(/C=C/C(C)NO)o1. The molecule has 0 aliphatic heterocycles. The molecular formula is C9H13NO2. The van der Waals surface area contributed by atoms with Crippen LogP contribution in [0.5, 0.6) is 0 Å². The summed E-state index contributed by atoms with van der Waals surface area (Å²) in [6.45, 7) is 3.73. The van der Waals surface area contributed by atoms with E-state index in [2.05, 4.69) is 5.48 Å². The Hall–Kier alpha value is -1.06. The fourth-order valence-electron chi connectivity index (χ4n) is 0.825. The van der Waals surface area contributed by atoms with Gasteiger partial charge in [0.1, 0.15) is 11.5 Å². The van der Waals surface area contributed by atoms with E-state index in [1.807, 2.05) is 38.1 Å². The Morgan fingerprint density at radius 3 is 2.83 bits per heavy atom. The van der Waals surface area contributed by atoms with E-state index in [1.165, 1.54) is 0 Å². The Bertz CT molecular complexity index is 265. The van der Waals surface area contributed by atoms with Gasteiger partial charge in [-0.3, -0.25) is 0 Å². The van der Waals surface area contributed by atoms with E-state index in [4.69, 9.17) is 9.62 Å². The topological polar surface area (TPSA) is 45.4 Å². The maximum Gasteiger partial charge on any atom is 0.126 e. The molecule has 66 valence electrons. The van der Waals surface area contributed by atoms with Crippen LogP contribution in [0.25, 0.3) is 6.08 Å². The molecule has 0 saturated carbocycles. The van der Waals surface area contributed by atoms with Crippen LogP contribution in [-0.4, -0.2) is 11.2 Å². The molecule has 1 aromatic heterocycles. The first kappa shape index (κ1) is 9.03. The van der Waals surface area contributed by atoms with Crippen molar-refractivity contribution in [2.45, 2.75) is 19.9 Å². The number of hydrogen-bond acceptors (Lipinski definition) is 3. The van der Waals surface area contributed by atoms with Gasteiger partial charge >= 0.3 is 0 Å². The van der Waals surface area contributed by atoms with E-state index in [1.54, 1.807) is 0 Å². The second-order valence-electron chi connectivity index (χ2n) is 2.73. The summed E-state index contributed by atoms with van der Waals surface area (Å²) in [7, 11) is 0. The van der Waals surface area contributed by atoms with Gasteiger partial charge in [-0.2, -0.15) is 5.48 Å². The van der Waals surface area contributed by atoms with Crippen LogP contribution in [0.15, 0.2) is 22.6 Å². The average Bonchev–Trinajstić information content (AvgIpc) is 2.47. The quantitative estimate of drug-likeness (QED) is 0.676. The van der Waals surface area contributed by atoms with Crippen molar-refractivity contribution in [3.05, 3.63) is 29.7 Å². The minimum atomic E-state index is -0.0598. The lowest BCUT2D eigenvalue weighted by atomic mass is 10.3. The number of hydrogen-bond donors (Lipinski definition) is 2. The zero-order valence-electron chi connectivity index (χ0n) is 7.24. The predicted molar refractivity (Wildman–Crippen MR) is 46.9 cm³/mol. The van der Waals surface area contributed by atoms with E-state index < -0.39 is 0 Å². The highest BCUT2D eigenvalue weighted by Crippen LogP contribution is 2.08. The normalized spacial score (nSPS) is 13.9. The van der Waals surface area contributed by atoms with Crippen molar-refractivity contribution in [3.63, 3.8) is 0 Å². The Morgan fingerprint density at radius 2 is 2.33 bits per heavy atom. The van der Waals surface area contributed by atoms with Crippen LogP contribution < -0.4 is 5.48 Å². The Morgan fingerprint density at radius 1 is 1.58 bits per heavy atom.